The molecule has 1 fully saturated rings. The monoisotopic (exact) mass is 217 g/mol. The summed E-state index contributed by atoms with van der Waals surface area (Å²) in [5.41, 5.74) is 2.94. The summed E-state index contributed by atoms with van der Waals surface area (Å²) in [4.78, 5) is 2.39. The van der Waals surface area contributed by atoms with Crippen LogP contribution in [0.5, 0.6) is 0 Å². The Balaban J connectivity index is 2.09. The van der Waals surface area contributed by atoms with E-state index in [1.165, 1.54) is 31.2 Å². The van der Waals surface area contributed by atoms with Crippen molar-refractivity contribution in [3.8, 4) is 0 Å². The second kappa shape index (κ2) is 5.01. The summed E-state index contributed by atoms with van der Waals surface area (Å²) in [5.74, 6) is 0.779. The first-order valence-corrected chi connectivity index (χ1v) is 6.40. The predicted molar refractivity (Wildman–Crippen MR) is 69.9 cm³/mol. The third-order valence-corrected chi connectivity index (χ3v) is 3.89. The van der Waals surface area contributed by atoms with Crippen LogP contribution in [0.4, 0.5) is 0 Å². The van der Waals surface area contributed by atoms with Crippen molar-refractivity contribution in [2.45, 2.75) is 44.6 Å². The summed E-state index contributed by atoms with van der Waals surface area (Å²) >= 11 is 0. The molecule has 0 saturated heterocycles. The van der Waals surface area contributed by atoms with E-state index in [0.29, 0.717) is 0 Å². The van der Waals surface area contributed by atoms with Crippen LogP contribution in [-0.4, -0.2) is 25.0 Å². The van der Waals surface area contributed by atoms with Crippen LogP contribution in [0.25, 0.3) is 0 Å². The van der Waals surface area contributed by atoms with Crippen LogP contribution in [0.3, 0.4) is 0 Å². The minimum atomic E-state index is 0.777. The Morgan fingerprint density at radius 2 is 2.00 bits per heavy atom. The van der Waals surface area contributed by atoms with E-state index in [0.717, 1.165) is 12.0 Å². The number of aryl methyl sites for hydroxylation is 1. The van der Waals surface area contributed by atoms with E-state index in [-0.39, 0.29) is 0 Å². The van der Waals surface area contributed by atoms with Gasteiger partial charge in [-0.1, -0.05) is 36.2 Å². The van der Waals surface area contributed by atoms with Gasteiger partial charge >= 0.3 is 0 Å². The van der Waals surface area contributed by atoms with Gasteiger partial charge in [0.2, 0.25) is 0 Å². The van der Waals surface area contributed by atoms with Gasteiger partial charge in [-0.3, -0.25) is 0 Å². The van der Waals surface area contributed by atoms with Gasteiger partial charge < -0.3 is 4.90 Å². The van der Waals surface area contributed by atoms with E-state index in [1.807, 2.05) is 0 Å². The third kappa shape index (κ3) is 2.65. The quantitative estimate of drug-likeness (QED) is 0.732. The highest BCUT2D eigenvalue weighted by Gasteiger charge is 2.24. The minimum absolute atomic E-state index is 0.777. The number of benzene rings is 1. The maximum Gasteiger partial charge on any atom is 0.00949 e. The zero-order valence-corrected chi connectivity index (χ0v) is 10.7. The highest BCUT2D eigenvalue weighted by Crippen LogP contribution is 2.34. The van der Waals surface area contributed by atoms with Crippen molar-refractivity contribution in [2.24, 2.45) is 0 Å². The number of hydrogen-bond acceptors (Lipinski definition) is 1. The fraction of sp³-hybridized carbons (Fsp3) is 0.600. The average molecular weight is 217 g/mol. The van der Waals surface area contributed by atoms with Crippen molar-refractivity contribution in [2.75, 3.05) is 14.1 Å². The molecule has 2 atom stereocenters. The summed E-state index contributed by atoms with van der Waals surface area (Å²) in [5, 5.41) is 0. The van der Waals surface area contributed by atoms with Gasteiger partial charge in [-0.05, 0) is 51.8 Å². The first kappa shape index (κ1) is 11.7. The Morgan fingerprint density at radius 1 is 1.19 bits per heavy atom. The maximum atomic E-state index is 2.39. The summed E-state index contributed by atoms with van der Waals surface area (Å²) in [6, 6.07) is 9.83. The van der Waals surface area contributed by atoms with Crippen LogP contribution >= 0.6 is 0 Å². The molecule has 0 amide bonds. The van der Waals surface area contributed by atoms with Crippen molar-refractivity contribution < 1.29 is 0 Å². The van der Waals surface area contributed by atoms with Gasteiger partial charge in [-0.2, -0.15) is 0 Å². The van der Waals surface area contributed by atoms with Gasteiger partial charge in [0.15, 0.2) is 0 Å². The van der Waals surface area contributed by atoms with Crippen LogP contribution in [-0.2, 0) is 0 Å². The molecule has 1 aromatic rings. The first-order chi connectivity index (χ1) is 7.66. The lowest BCUT2D eigenvalue weighted by molar-refractivity contribution is 0.213. The van der Waals surface area contributed by atoms with Gasteiger partial charge in [-0.15, -0.1) is 0 Å². The average Bonchev–Trinajstić information content (AvgIpc) is 2.29. The van der Waals surface area contributed by atoms with Gasteiger partial charge in [-0.25, -0.2) is 0 Å². The topological polar surface area (TPSA) is 3.24 Å². The van der Waals surface area contributed by atoms with Gasteiger partial charge in [0.1, 0.15) is 0 Å². The summed E-state index contributed by atoms with van der Waals surface area (Å²) in [7, 11) is 4.42. The molecule has 1 heteroatoms. The summed E-state index contributed by atoms with van der Waals surface area (Å²) in [6.45, 7) is 2.19. The highest BCUT2D eigenvalue weighted by atomic mass is 15.1. The summed E-state index contributed by atoms with van der Waals surface area (Å²) < 4.78 is 0. The van der Waals surface area contributed by atoms with E-state index in [4.69, 9.17) is 0 Å². The molecule has 0 unspecified atom stereocenters. The zero-order chi connectivity index (χ0) is 11.5. The molecule has 0 radical (unpaired) electrons. The zero-order valence-electron chi connectivity index (χ0n) is 10.7. The van der Waals surface area contributed by atoms with Gasteiger partial charge in [0.05, 0.1) is 0 Å². The fourth-order valence-electron chi connectivity index (χ4n) is 2.86. The lowest BCUT2D eigenvalue weighted by Gasteiger charge is -2.33. The molecule has 0 aliphatic heterocycles. The number of rotatable bonds is 2. The van der Waals surface area contributed by atoms with Crippen LogP contribution < -0.4 is 0 Å². The molecule has 0 aromatic heterocycles. The Bertz CT molecular complexity index is 343. The molecular formula is C15H23N. The number of hydrogen-bond donors (Lipinski definition) is 0. The second-order valence-electron chi connectivity index (χ2n) is 5.40. The Hall–Kier alpha value is -0.820. The molecular weight excluding hydrogens is 194 g/mol. The van der Waals surface area contributed by atoms with E-state index in [2.05, 4.69) is 50.2 Å². The van der Waals surface area contributed by atoms with Crippen LogP contribution in [0, 0.1) is 6.92 Å². The van der Waals surface area contributed by atoms with Crippen molar-refractivity contribution in [3.05, 3.63) is 35.4 Å². The minimum Gasteiger partial charge on any atom is -0.306 e. The van der Waals surface area contributed by atoms with Crippen LogP contribution in [0.1, 0.15) is 42.7 Å². The maximum absolute atomic E-state index is 2.39. The first-order valence-electron chi connectivity index (χ1n) is 6.40. The standard InChI is InChI=1S/C15H23N/c1-12-6-4-7-13(10-12)14-8-5-9-15(11-14)16(2)3/h4,6-7,10,14-15H,5,8-9,11H2,1-3H3/t14-,15+/m0/s1. The van der Waals surface area contributed by atoms with Crippen molar-refractivity contribution in [1.29, 1.82) is 0 Å². The number of nitrogens with zero attached hydrogens (tertiary/aromatic N) is 1. The molecule has 1 saturated carbocycles. The molecule has 1 nitrogen and oxygen atoms in total. The molecule has 16 heavy (non-hydrogen) atoms. The molecule has 0 N–H and O–H groups in total. The molecule has 0 heterocycles. The smallest absolute Gasteiger partial charge is 0.00949 e. The summed E-state index contributed by atoms with van der Waals surface area (Å²) in [6.07, 6.45) is 5.45. The van der Waals surface area contributed by atoms with E-state index >= 15 is 0 Å². The molecule has 88 valence electrons. The van der Waals surface area contributed by atoms with Crippen molar-refractivity contribution in [3.63, 3.8) is 0 Å². The van der Waals surface area contributed by atoms with E-state index < -0.39 is 0 Å². The molecule has 1 aromatic carbocycles. The highest BCUT2D eigenvalue weighted by molar-refractivity contribution is 5.26. The van der Waals surface area contributed by atoms with Crippen LogP contribution in [0.15, 0.2) is 24.3 Å². The Morgan fingerprint density at radius 3 is 2.69 bits per heavy atom. The second-order valence-corrected chi connectivity index (χ2v) is 5.40. The molecule has 2 rings (SSSR count). The van der Waals surface area contributed by atoms with Crippen molar-refractivity contribution >= 4 is 0 Å². The van der Waals surface area contributed by atoms with Gasteiger partial charge in [0, 0.05) is 6.04 Å². The predicted octanol–water partition coefficient (Wildman–Crippen LogP) is 3.58. The third-order valence-electron chi connectivity index (χ3n) is 3.89. The van der Waals surface area contributed by atoms with E-state index in [9.17, 15) is 0 Å². The van der Waals surface area contributed by atoms with E-state index in [1.54, 1.807) is 5.56 Å². The van der Waals surface area contributed by atoms with Crippen LogP contribution in [0.2, 0.25) is 0 Å². The normalized spacial score (nSPS) is 26.0. The molecule has 0 spiro atoms. The van der Waals surface area contributed by atoms with Crippen molar-refractivity contribution in [1.82, 2.24) is 4.90 Å². The molecule has 1 aliphatic rings. The molecule has 0 bridgehead atoms. The molecule has 1 aliphatic carbocycles. The lowest BCUT2D eigenvalue weighted by Crippen LogP contribution is -2.32. The fourth-order valence-corrected chi connectivity index (χ4v) is 2.86. The van der Waals surface area contributed by atoms with Gasteiger partial charge in [0.25, 0.3) is 0 Å². The SMILES string of the molecule is Cc1cccc([C@H]2CCC[C@@H](N(C)C)C2)c1. The lowest BCUT2D eigenvalue weighted by atomic mass is 9.80. The largest absolute Gasteiger partial charge is 0.306 e. The Kier molecular flexibility index (Phi) is 3.65. The Labute approximate surface area is 99.5 Å².